The molecule has 1 N–H and O–H groups in total. The summed E-state index contributed by atoms with van der Waals surface area (Å²) in [5.41, 5.74) is 2.63. The van der Waals surface area contributed by atoms with Crippen molar-refractivity contribution in [3.63, 3.8) is 0 Å². The largest absolute Gasteiger partial charge is 0.493 e. The molecule has 0 saturated heterocycles. The molecule has 0 aliphatic carbocycles. The van der Waals surface area contributed by atoms with Crippen LogP contribution in [0.1, 0.15) is 38.3 Å². The van der Waals surface area contributed by atoms with Gasteiger partial charge in [0.15, 0.2) is 0 Å². The normalized spacial score (nSPS) is 11.9. The molecule has 0 atom stereocenters. The van der Waals surface area contributed by atoms with Gasteiger partial charge in [0, 0.05) is 24.2 Å². The lowest BCUT2D eigenvalue weighted by atomic mass is 10.1. The summed E-state index contributed by atoms with van der Waals surface area (Å²) in [5, 5.41) is 3.53. The van der Waals surface area contributed by atoms with Crippen molar-refractivity contribution in [3.05, 3.63) is 29.3 Å². The third-order valence-electron chi connectivity index (χ3n) is 3.03. The predicted octanol–water partition coefficient (Wildman–Crippen LogP) is 3.21. The summed E-state index contributed by atoms with van der Waals surface area (Å²) < 4.78 is 5.94. The van der Waals surface area contributed by atoms with Crippen molar-refractivity contribution in [3.8, 4) is 5.75 Å². The second-order valence-electron chi connectivity index (χ2n) is 6.72. The lowest BCUT2D eigenvalue weighted by molar-refractivity contribution is 0.278. The number of ether oxygens (including phenoxy) is 1. The maximum atomic E-state index is 5.94. The molecule has 3 nitrogen and oxygen atoms in total. The first-order valence-corrected chi connectivity index (χ1v) is 7.40. The van der Waals surface area contributed by atoms with E-state index in [1.54, 1.807) is 0 Å². The second kappa shape index (κ2) is 7.65. The Labute approximate surface area is 124 Å². The van der Waals surface area contributed by atoms with E-state index in [1.807, 2.05) is 0 Å². The Hall–Kier alpha value is -1.06. The van der Waals surface area contributed by atoms with Gasteiger partial charge in [-0.05, 0) is 54.3 Å². The Balaban J connectivity index is 2.60. The molecule has 1 aromatic carbocycles. The molecule has 20 heavy (non-hydrogen) atoms. The number of hydrogen-bond acceptors (Lipinski definition) is 3. The van der Waals surface area contributed by atoms with Gasteiger partial charge in [-0.2, -0.15) is 0 Å². The van der Waals surface area contributed by atoms with Crippen LogP contribution < -0.4 is 10.1 Å². The molecule has 0 heterocycles. The zero-order valence-corrected chi connectivity index (χ0v) is 13.9. The second-order valence-corrected chi connectivity index (χ2v) is 6.72. The fourth-order valence-electron chi connectivity index (χ4n) is 1.91. The summed E-state index contributed by atoms with van der Waals surface area (Å²) in [6.07, 6.45) is 1.05. The molecule has 0 bridgehead atoms. The highest BCUT2D eigenvalue weighted by molar-refractivity contribution is 5.36. The third-order valence-corrected chi connectivity index (χ3v) is 3.03. The van der Waals surface area contributed by atoms with E-state index >= 15 is 0 Å². The van der Waals surface area contributed by atoms with Crippen molar-refractivity contribution in [2.24, 2.45) is 0 Å². The molecule has 1 aromatic rings. The van der Waals surface area contributed by atoms with Gasteiger partial charge in [-0.3, -0.25) is 0 Å². The highest BCUT2D eigenvalue weighted by atomic mass is 16.5. The first-order chi connectivity index (χ1) is 9.28. The Morgan fingerprint density at radius 2 is 1.90 bits per heavy atom. The van der Waals surface area contributed by atoms with Crippen molar-refractivity contribution in [1.29, 1.82) is 0 Å². The van der Waals surface area contributed by atoms with Crippen molar-refractivity contribution in [2.45, 2.75) is 46.2 Å². The molecule has 114 valence electrons. The third kappa shape index (κ3) is 6.92. The maximum absolute atomic E-state index is 5.94. The van der Waals surface area contributed by atoms with E-state index in [-0.39, 0.29) is 5.54 Å². The van der Waals surface area contributed by atoms with Crippen LogP contribution in [-0.4, -0.2) is 37.7 Å². The fraction of sp³-hybridized carbons (Fsp3) is 0.647. The topological polar surface area (TPSA) is 24.5 Å². The molecule has 0 spiro atoms. The van der Waals surface area contributed by atoms with Gasteiger partial charge >= 0.3 is 0 Å². The van der Waals surface area contributed by atoms with Gasteiger partial charge in [0.25, 0.3) is 0 Å². The van der Waals surface area contributed by atoms with Gasteiger partial charge in [0.1, 0.15) is 5.75 Å². The van der Waals surface area contributed by atoms with E-state index in [1.165, 1.54) is 11.1 Å². The van der Waals surface area contributed by atoms with Crippen LogP contribution in [0.15, 0.2) is 18.2 Å². The van der Waals surface area contributed by atoms with Gasteiger partial charge in [-0.25, -0.2) is 0 Å². The van der Waals surface area contributed by atoms with Gasteiger partial charge in [-0.15, -0.1) is 0 Å². The van der Waals surface area contributed by atoms with Crippen LogP contribution in [0.25, 0.3) is 0 Å². The number of nitrogens with zero attached hydrogens (tertiary/aromatic N) is 1. The lowest BCUT2D eigenvalue weighted by Crippen LogP contribution is -2.35. The SMILES string of the molecule is Cc1ccc(OCCCN(C)C)c(CNC(C)(C)C)c1. The molecule has 0 saturated carbocycles. The molecule has 0 aliphatic rings. The monoisotopic (exact) mass is 278 g/mol. The zero-order chi connectivity index (χ0) is 15.2. The smallest absolute Gasteiger partial charge is 0.123 e. The molecule has 0 unspecified atom stereocenters. The molecular weight excluding hydrogens is 248 g/mol. The highest BCUT2D eigenvalue weighted by Crippen LogP contribution is 2.21. The van der Waals surface area contributed by atoms with Crippen LogP contribution in [0.3, 0.4) is 0 Å². The van der Waals surface area contributed by atoms with E-state index in [4.69, 9.17) is 4.74 Å². The van der Waals surface area contributed by atoms with Gasteiger partial charge < -0.3 is 15.0 Å². The number of benzene rings is 1. The summed E-state index contributed by atoms with van der Waals surface area (Å²) in [5.74, 6) is 1.01. The number of rotatable bonds is 7. The Morgan fingerprint density at radius 1 is 1.20 bits per heavy atom. The first-order valence-electron chi connectivity index (χ1n) is 7.40. The van der Waals surface area contributed by atoms with E-state index in [0.717, 1.165) is 31.9 Å². The minimum absolute atomic E-state index is 0.117. The quantitative estimate of drug-likeness (QED) is 0.775. The first kappa shape index (κ1) is 17.0. The standard InChI is InChI=1S/C17H30N2O/c1-14-8-9-16(20-11-7-10-19(5)6)15(12-14)13-18-17(2,3)4/h8-9,12,18H,7,10-11,13H2,1-6H3. The number of nitrogens with one attached hydrogen (secondary N) is 1. The van der Waals surface area contributed by atoms with Crippen molar-refractivity contribution < 1.29 is 4.74 Å². The average Bonchev–Trinajstić information content (AvgIpc) is 2.32. The van der Waals surface area contributed by atoms with Crippen LogP contribution in [0.5, 0.6) is 5.75 Å². The molecule has 0 radical (unpaired) electrons. The summed E-state index contributed by atoms with van der Waals surface area (Å²) in [4.78, 5) is 2.18. The summed E-state index contributed by atoms with van der Waals surface area (Å²) >= 11 is 0. The van der Waals surface area contributed by atoms with E-state index in [9.17, 15) is 0 Å². The zero-order valence-electron chi connectivity index (χ0n) is 13.9. The fourth-order valence-corrected chi connectivity index (χ4v) is 1.91. The molecule has 0 fully saturated rings. The molecule has 3 heteroatoms. The van der Waals surface area contributed by atoms with Crippen LogP contribution in [0.2, 0.25) is 0 Å². The van der Waals surface area contributed by atoms with Crippen molar-refractivity contribution >= 4 is 0 Å². The van der Waals surface area contributed by atoms with Crippen LogP contribution in [0.4, 0.5) is 0 Å². The van der Waals surface area contributed by atoms with E-state index < -0.39 is 0 Å². The molecule has 1 rings (SSSR count). The van der Waals surface area contributed by atoms with Crippen molar-refractivity contribution in [2.75, 3.05) is 27.2 Å². The number of aryl methyl sites for hydroxylation is 1. The average molecular weight is 278 g/mol. The minimum Gasteiger partial charge on any atom is -0.493 e. The van der Waals surface area contributed by atoms with E-state index in [0.29, 0.717) is 0 Å². The van der Waals surface area contributed by atoms with Crippen LogP contribution in [0, 0.1) is 6.92 Å². The van der Waals surface area contributed by atoms with Gasteiger partial charge in [0.05, 0.1) is 6.61 Å². The Bertz CT molecular complexity index is 408. The van der Waals surface area contributed by atoms with Crippen molar-refractivity contribution in [1.82, 2.24) is 10.2 Å². The van der Waals surface area contributed by atoms with Gasteiger partial charge in [0.2, 0.25) is 0 Å². The summed E-state index contributed by atoms with van der Waals surface area (Å²) in [6.45, 7) is 11.3. The van der Waals surface area contributed by atoms with Crippen LogP contribution >= 0.6 is 0 Å². The maximum Gasteiger partial charge on any atom is 0.123 e. The Morgan fingerprint density at radius 3 is 2.50 bits per heavy atom. The minimum atomic E-state index is 0.117. The molecule has 0 aromatic heterocycles. The predicted molar refractivity (Wildman–Crippen MR) is 86.4 cm³/mol. The number of hydrogen-bond donors (Lipinski definition) is 1. The Kier molecular flexibility index (Phi) is 6.50. The molecule has 0 aliphatic heterocycles. The molecular formula is C17H30N2O. The highest BCUT2D eigenvalue weighted by Gasteiger charge is 2.11. The molecule has 0 amide bonds. The lowest BCUT2D eigenvalue weighted by Gasteiger charge is -2.22. The summed E-state index contributed by atoms with van der Waals surface area (Å²) in [6, 6.07) is 6.41. The van der Waals surface area contributed by atoms with Gasteiger partial charge in [-0.1, -0.05) is 17.7 Å². The van der Waals surface area contributed by atoms with E-state index in [2.05, 4.69) is 70.2 Å². The summed E-state index contributed by atoms with van der Waals surface area (Å²) in [7, 11) is 4.18. The van der Waals surface area contributed by atoms with Crippen LogP contribution in [-0.2, 0) is 6.54 Å².